The van der Waals surface area contributed by atoms with Gasteiger partial charge in [0.25, 0.3) is 0 Å². The zero-order valence-corrected chi connectivity index (χ0v) is 14.1. The number of likely N-dealkylation sites (N-methyl/N-ethyl adjacent to an activating group) is 1. The third-order valence-electron chi connectivity index (χ3n) is 3.35. The zero-order chi connectivity index (χ0) is 15.4. The molecule has 0 bridgehead atoms. The molecule has 0 amide bonds. The van der Waals surface area contributed by atoms with Gasteiger partial charge in [0.15, 0.2) is 0 Å². The normalized spacial score (nSPS) is 12.2. The number of benzene rings is 2. The van der Waals surface area contributed by atoms with E-state index in [1.54, 1.807) is 13.2 Å². The lowest BCUT2D eigenvalue weighted by Crippen LogP contribution is -2.19. The lowest BCUT2D eigenvalue weighted by Gasteiger charge is -2.20. The van der Waals surface area contributed by atoms with Crippen molar-refractivity contribution in [3.05, 3.63) is 62.6 Å². The Hall–Kier alpha value is -0.930. The molecular weight excluding hydrogens is 329 g/mol. The van der Waals surface area contributed by atoms with Gasteiger partial charge < -0.3 is 10.1 Å². The maximum absolute atomic E-state index is 6.29. The molecule has 1 unspecified atom stereocenters. The van der Waals surface area contributed by atoms with Crippen LogP contribution in [0.4, 0.5) is 0 Å². The van der Waals surface area contributed by atoms with Crippen LogP contribution in [0.2, 0.25) is 15.1 Å². The Morgan fingerprint density at radius 3 is 2.33 bits per heavy atom. The fraction of sp³-hybridized carbons (Fsp3) is 0.250. The summed E-state index contributed by atoms with van der Waals surface area (Å²) < 4.78 is 5.39. The highest BCUT2D eigenvalue weighted by Crippen LogP contribution is 2.31. The van der Waals surface area contributed by atoms with Crippen LogP contribution in [0.3, 0.4) is 0 Å². The fourth-order valence-corrected chi connectivity index (χ4v) is 3.01. The van der Waals surface area contributed by atoms with Crippen molar-refractivity contribution in [2.24, 2.45) is 0 Å². The van der Waals surface area contributed by atoms with Gasteiger partial charge >= 0.3 is 0 Å². The van der Waals surface area contributed by atoms with E-state index in [4.69, 9.17) is 39.5 Å². The summed E-state index contributed by atoms with van der Waals surface area (Å²) in [5.41, 5.74) is 2.01. The third kappa shape index (κ3) is 4.04. The van der Waals surface area contributed by atoms with Crippen molar-refractivity contribution in [3.63, 3.8) is 0 Å². The van der Waals surface area contributed by atoms with Crippen LogP contribution < -0.4 is 10.1 Å². The molecule has 0 saturated heterocycles. The molecule has 0 saturated carbocycles. The van der Waals surface area contributed by atoms with Crippen molar-refractivity contribution in [2.75, 3.05) is 14.2 Å². The molecule has 0 aliphatic carbocycles. The molecule has 112 valence electrons. The van der Waals surface area contributed by atoms with Gasteiger partial charge in [0.2, 0.25) is 0 Å². The first-order chi connectivity index (χ1) is 10.0. The predicted molar refractivity (Wildman–Crippen MR) is 90.0 cm³/mol. The molecule has 0 heterocycles. The Bertz CT molecular complexity index is 631. The van der Waals surface area contributed by atoms with Gasteiger partial charge in [-0.3, -0.25) is 0 Å². The average Bonchev–Trinajstić information content (AvgIpc) is 2.45. The third-order valence-corrected chi connectivity index (χ3v) is 4.15. The first kappa shape index (κ1) is 16.4. The van der Waals surface area contributed by atoms with Crippen LogP contribution in [0.25, 0.3) is 0 Å². The number of rotatable bonds is 5. The highest BCUT2D eigenvalue weighted by Gasteiger charge is 2.16. The maximum atomic E-state index is 6.29. The molecule has 0 radical (unpaired) electrons. The summed E-state index contributed by atoms with van der Waals surface area (Å²) in [5.74, 6) is 0.810. The van der Waals surface area contributed by atoms with Crippen LogP contribution in [0, 0.1) is 0 Å². The standard InChI is InChI=1S/C16H16Cl3NO/c1-20-15(13-5-3-12(18)9-14(13)19)8-10-7-11(17)4-6-16(10)21-2/h3-7,9,15,20H,8H2,1-2H3. The first-order valence-corrected chi connectivity index (χ1v) is 7.63. The second-order valence-electron chi connectivity index (χ2n) is 4.67. The Balaban J connectivity index is 2.33. The van der Waals surface area contributed by atoms with Crippen molar-refractivity contribution in [1.29, 1.82) is 0 Å². The summed E-state index contributed by atoms with van der Waals surface area (Å²) in [6, 6.07) is 11.2. The number of nitrogens with one attached hydrogen (secondary N) is 1. The second kappa shape index (κ2) is 7.37. The van der Waals surface area contributed by atoms with E-state index in [9.17, 15) is 0 Å². The van der Waals surface area contributed by atoms with Gasteiger partial charge in [0, 0.05) is 21.1 Å². The lowest BCUT2D eigenvalue weighted by molar-refractivity contribution is 0.406. The quantitative estimate of drug-likeness (QED) is 0.809. The van der Waals surface area contributed by atoms with Crippen molar-refractivity contribution < 1.29 is 4.74 Å². The topological polar surface area (TPSA) is 21.3 Å². The van der Waals surface area contributed by atoms with Crippen LogP contribution in [0.1, 0.15) is 17.2 Å². The number of hydrogen-bond donors (Lipinski definition) is 1. The van der Waals surface area contributed by atoms with Crippen LogP contribution in [0.15, 0.2) is 36.4 Å². The summed E-state index contributed by atoms with van der Waals surface area (Å²) in [6.45, 7) is 0. The van der Waals surface area contributed by atoms with Crippen molar-refractivity contribution in [1.82, 2.24) is 5.32 Å². The number of ether oxygens (including phenoxy) is 1. The van der Waals surface area contributed by atoms with E-state index in [2.05, 4.69) is 5.32 Å². The lowest BCUT2D eigenvalue weighted by atomic mass is 9.98. The van der Waals surface area contributed by atoms with Gasteiger partial charge in [-0.15, -0.1) is 0 Å². The van der Waals surface area contributed by atoms with Gasteiger partial charge in [0.05, 0.1) is 7.11 Å². The minimum absolute atomic E-state index is 0.0436. The molecule has 2 aromatic rings. The molecule has 0 aliphatic heterocycles. The maximum Gasteiger partial charge on any atom is 0.122 e. The summed E-state index contributed by atoms with van der Waals surface area (Å²) in [7, 11) is 3.54. The minimum Gasteiger partial charge on any atom is -0.496 e. The van der Waals surface area contributed by atoms with E-state index in [0.29, 0.717) is 21.5 Å². The molecule has 0 aromatic heterocycles. The SMILES string of the molecule is CNC(Cc1cc(Cl)ccc1OC)c1ccc(Cl)cc1Cl. The van der Waals surface area contributed by atoms with Gasteiger partial charge in [-0.1, -0.05) is 40.9 Å². The largest absolute Gasteiger partial charge is 0.496 e. The smallest absolute Gasteiger partial charge is 0.122 e. The van der Waals surface area contributed by atoms with Gasteiger partial charge in [-0.2, -0.15) is 0 Å². The predicted octanol–water partition coefficient (Wildman–Crippen LogP) is 5.16. The molecule has 2 aromatic carbocycles. The van der Waals surface area contributed by atoms with Crippen molar-refractivity contribution >= 4 is 34.8 Å². The summed E-state index contributed by atoms with van der Waals surface area (Å²) in [4.78, 5) is 0. The van der Waals surface area contributed by atoms with Crippen LogP contribution in [0.5, 0.6) is 5.75 Å². The molecule has 2 rings (SSSR count). The molecule has 5 heteroatoms. The molecule has 21 heavy (non-hydrogen) atoms. The summed E-state index contributed by atoms with van der Waals surface area (Å²) in [6.07, 6.45) is 0.710. The summed E-state index contributed by atoms with van der Waals surface area (Å²) in [5, 5.41) is 5.22. The average molecular weight is 345 g/mol. The van der Waals surface area contributed by atoms with Crippen molar-refractivity contribution in [2.45, 2.75) is 12.5 Å². The van der Waals surface area contributed by atoms with E-state index in [0.717, 1.165) is 16.9 Å². The van der Waals surface area contributed by atoms with E-state index in [1.807, 2.05) is 37.4 Å². The van der Waals surface area contributed by atoms with Gasteiger partial charge in [-0.25, -0.2) is 0 Å². The van der Waals surface area contributed by atoms with Crippen LogP contribution >= 0.6 is 34.8 Å². The number of halogens is 3. The monoisotopic (exact) mass is 343 g/mol. The Morgan fingerprint density at radius 2 is 1.71 bits per heavy atom. The molecule has 0 fully saturated rings. The fourth-order valence-electron chi connectivity index (χ4n) is 2.28. The Kier molecular flexibility index (Phi) is 5.77. The molecular formula is C16H16Cl3NO. The number of hydrogen-bond acceptors (Lipinski definition) is 2. The highest BCUT2D eigenvalue weighted by molar-refractivity contribution is 6.35. The second-order valence-corrected chi connectivity index (χ2v) is 5.95. The zero-order valence-electron chi connectivity index (χ0n) is 11.8. The highest BCUT2D eigenvalue weighted by atomic mass is 35.5. The summed E-state index contributed by atoms with van der Waals surface area (Å²) >= 11 is 18.3. The van der Waals surface area contributed by atoms with E-state index in [1.165, 1.54) is 0 Å². The van der Waals surface area contributed by atoms with Crippen LogP contribution in [-0.4, -0.2) is 14.2 Å². The molecule has 2 nitrogen and oxygen atoms in total. The molecule has 1 N–H and O–H groups in total. The molecule has 1 atom stereocenters. The van der Waals surface area contributed by atoms with Gasteiger partial charge in [-0.05, 0) is 54.9 Å². The minimum atomic E-state index is 0.0436. The van der Waals surface area contributed by atoms with Crippen molar-refractivity contribution in [3.8, 4) is 5.75 Å². The van der Waals surface area contributed by atoms with E-state index in [-0.39, 0.29) is 6.04 Å². The number of methoxy groups -OCH3 is 1. The van der Waals surface area contributed by atoms with E-state index < -0.39 is 0 Å². The molecule has 0 aliphatic rings. The van der Waals surface area contributed by atoms with Gasteiger partial charge in [0.1, 0.15) is 5.75 Å². The Morgan fingerprint density at radius 1 is 1.05 bits per heavy atom. The first-order valence-electron chi connectivity index (χ1n) is 6.49. The molecule has 0 spiro atoms. The Labute approximate surface area is 140 Å². The van der Waals surface area contributed by atoms with E-state index >= 15 is 0 Å². The van der Waals surface area contributed by atoms with Crippen LogP contribution in [-0.2, 0) is 6.42 Å².